The molecule has 0 bridgehead atoms. The van der Waals surface area contributed by atoms with Gasteiger partial charge in [-0.2, -0.15) is 0 Å². The summed E-state index contributed by atoms with van der Waals surface area (Å²) in [5.74, 6) is 0. The van der Waals surface area contributed by atoms with Crippen LogP contribution in [0.3, 0.4) is 0 Å². The highest BCUT2D eigenvalue weighted by Crippen LogP contribution is 2.32. The molecule has 20 heavy (non-hydrogen) atoms. The smallest absolute Gasteiger partial charge is 0.0958 e. The van der Waals surface area contributed by atoms with Gasteiger partial charge in [-0.3, -0.25) is 4.98 Å². The quantitative estimate of drug-likeness (QED) is 0.642. The summed E-state index contributed by atoms with van der Waals surface area (Å²) >= 11 is 9.58. The van der Waals surface area contributed by atoms with E-state index in [0.29, 0.717) is 10.7 Å². The van der Waals surface area contributed by atoms with Crippen molar-refractivity contribution in [3.63, 3.8) is 0 Å². The van der Waals surface area contributed by atoms with Gasteiger partial charge in [0.05, 0.1) is 21.9 Å². The van der Waals surface area contributed by atoms with Gasteiger partial charge >= 0.3 is 0 Å². The second-order valence-electron chi connectivity index (χ2n) is 4.36. The van der Waals surface area contributed by atoms with E-state index in [4.69, 9.17) is 17.3 Å². The number of nitrogens with one attached hydrogen (secondary N) is 1. The van der Waals surface area contributed by atoms with E-state index in [2.05, 4.69) is 26.2 Å². The third-order valence-corrected chi connectivity index (χ3v) is 3.76. The maximum absolute atomic E-state index is 6.17. The third-order valence-electron chi connectivity index (χ3n) is 2.99. The number of aromatic nitrogens is 1. The fourth-order valence-corrected chi connectivity index (χ4v) is 2.54. The van der Waals surface area contributed by atoms with Crippen LogP contribution in [0, 0.1) is 0 Å². The van der Waals surface area contributed by atoms with Gasteiger partial charge < -0.3 is 11.1 Å². The number of rotatable bonds is 2. The standard InChI is InChI=1S/C15H11BrClN3/c16-9-7-10-12(18)5-6-14(15(10)19-8-9)20-13-4-2-1-3-11(13)17/h1-8,20H,18H2. The zero-order valence-electron chi connectivity index (χ0n) is 10.4. The normalized spacial score (nSPS) is 10.7. The molecule has 3 rings (SSSR count). The van der Waals surface area contributed by atoms with Crippen LogP contribution in [0.1, 0.15) is 0 Å². The molecule has 0 spiro atoms. The van der Waals surface area contributed by atoms with E-state index in [-0.39, 0.29) is 0 Å². The van der Waals surface area contributed by atoms with Crippen LogP contribution in [0.4, 0.5) is 17.1 Å². The SMILES string of the molecule is Nc1ccc(Nc2ccccc2Cl)c2ncc(Br)cc12. The van der Waals surface area contributed by atoms with Crippen LogP contribution in [0.5, 0.6) is 0 Å². The molecule has 100 valence electrons. The third kappa shape index (κ3) is 2.44. The number of pyridine rings is 1. The molecule has 0 aliphatic heterocycles. The molecule has 0 aliphatic carbocycles. The van der Waals surface area contributed by atoms with Crippen molar-refractivity contribution in [3.05, 3.63) is 58.2 Å². The minimum Gasteiger partial charge on any atom is -0.398 e. The van der Waals surface area contributed by atoms with Gasteiger partial charge in [-0.25, -0.2) is 0 Å². The molecule has 1 heterocycles. The topological polar surface area (TPSA) is 50.9 Å². The van der Waals surface area contributed by atoms with E-state index < -0.39 is 0 Å². The van der Waals surface area contributed by atoms with Crippen LogP contribution >= 0.6 is 27.5 Å². The van der Waals surface area contributed by atoms with Crippen LogP contribution in [-0.4, -0.2) is 4.98 Å². The molecule has 3 nitrogen and oxygen atoms in total. The summed E-state index contributed by atoms with van der Waals surface area (Å²) in [7, 11) is 0. The van der Waals surface area contributed by atoms with Gasteiger partial charge in [-0.05, 0) is 46.3 Å². The lowest BCUT2D eigenvalue weighted by Crippen LogP contribution is -1.96. The highest BCUT2D eigenvalue weighted by Gasteiger charge is 2.08. The van der Waals surface area contributed by atoms with Crippen LogP contribution in [-0.2, 0) is 0 Å². The number of nitrogens with two attached hydrogens (primary N) is 1. The minimum absolute atomic E-state index is 0.662. The number of para-hydroxylation sites is 1. The van der Waals surface area contributed by atoms with Crippen LogP contribution in [0.15, 0.2) is 53.1 Å². The molecular weight excluding hydrogens is 338 g/mol. The Morgan fingerprint density at radius 2 is 1.90 bits per heavy atom. The monoisotopic (exact) mass is 347 g/mol. The van der Waals surface area contributed by atoms with E-state index in [9.17, 15) is 0 Å². The molecule has 0 fully saturated rings. The van der Waals surface area contributed by atoms with Gasteiger partial charge in [0.2, 0.25) is 0 Å². The van der Waals surface area contributed by atoms with Crippen molar-refractivity contribution in [1.29, 1.82) is 0 Å². The first-order valence-electron chi connectivity index (χ1n) is 6.00. The number of anilines is 3. The largest absolute Gasteiger partial charge is 0.398 e. The summed E-state index contributed by atoms with van der Waals surface area (Å²) in [6.45, 7) is 0. The number of nitrogen functional groups attached to an aromatic ring is 1. The first-order chi connectivity index (χ1) is 9.65. The van der Waals surface area contributed by atoms with E-state index in [1.807, 2.05) is 42.5 Å². The van der Waals surface area contributed by atoms with E-state index in [1.165, 1.54) is 0 Å². The molecule has 0 atom stereocenters. The van der Waals surface area contributed by atoms with E-state index in [1.54, 1.807) is 6.20 Å². The lowest BCUT2D eigenvalue weighted by molar-refractivity contribution is 1.38. The Morgan fingerprint density at radius 3 is 2.70 bits per heavy atom. The number of nitrogens with zero attached hydrogens (tertiary/aromatic N) is 1. The molecule has 0 amide bonds. The lowest BCUT2D eigenvalue weighted by Gasteiger charge is -2.12. The molecule has 3 aromatic rings. The van der Waals surface area contributed by atoms with Crippen LogP contribution < -0.4 is 11.1 Å². The summed E-state index contributed by atoms with van der Waals surface area (Å²) in [4.78, 5) is 4.43. The second-order valence-corrected chi connectivity index (χ2v) is 5.68. The predicted octanol–water partition coefficient (Wildman–Crippen LogP) is 4.98. The summed E-state index contributed by atoms with van der Waals surface area (Å²) in [6.07, 6.45) is 1.75. The molecule has 2 aromatic carbocycles. The molecule has 0 saturated heterocycles. The first-order valence-corrected chi connectivity index (χ1v) is 7.17. The fraction of sp³-hybridized carbons (Fsp3) is 0. The van der Waals surface area contributed by atoms with Crippen LogP contribution in [0.25, 0.3) is 10.9 Å². The van der Waals surface area contributed by atoms with E-state index >= 15 is 0 Å². The molecule has 0 unspecified atom stereocenters. The van der Waals surface area contributed by atoms with Crippen molar-refractivity contribution in [2.75, 3.05) is 11.1 Å². The Hall–Kier alpha value is -1.78. The molecule has 0 aliphatic rings. The average Bonchev–Trinajstić information content (AvgIpc) is 2.44. The van der Waals surface area contributed by atoms with E-state index in [0.717, 1.165) is 26.8 Å². The maximum Gasteiger partial charge on any atom is 0.0958 e. The number of fused-ring (bicyclic) bond motifs is 1. The minimum atomic E-state index is 0.662. The number of benzene rings is 2. The van der Waals surface area contributed by atoms with Gasteiger partial charge in [0.15, 0.2) is 0 Å². The van der Waals surface area contributed by atoms with Gasteiger partial charge in [0.25, 0.3) is 0 Å². The zero-order valence-corrected chi connectivity index (χ0v) is 12.7. The first kappa shape index (κ1) is 13.2. The van der Waals surface area contributed by atoms with Crippen molar-refractivity contribution in [2.24, 2.45) is 0 Å². The van der Waals surface area contributed by atoms with Crippen LogP contribution in [0.2, 0.25) is 5.02 Å². The summed E-state index contributed by atoms with van der Waals surface area (Å²) in [5, 5.41) is 4.86. The Kier molecular flexibility index (Phi) is 3.51. The molecular formula is C15H11BrClN3. The lowest BCUT2D eigenvalue weighted by atomic mass is 10.1. The molecule has 1 aromatic heterocycles. The predicted molar refractivity (Wildman–Crippen MR) is 88.6 cm³/mol. The Bertz CT molecular complexity index is 789. The molecule has 5 heteroatoms. The van der Waals surface area contributed by atoms with Gasteiger partial charge in [-0.1, -0.05) is 23.7 Å². The highest BCUT2D eigenvalue weighted by molar-refractivity contribution is 9.10. The summed E-state index contributed by atoms with van der Waals surface area (Å²) < 4.78 is 0.895. The Morgan fingerprint density at radius 1 is 1.10 bits per heavy atom. The maximum atomic E-state index is 6.17. The second kappa shape index (κ2) is 5.31. The summed E-state index contributed by atoms with van der Waals surface area (Å²) in [5.41, 5.74) is 9.22. The Labute approximate surface area is 129 Å². The Balaban J connectivity index is 2.13. The number of halogens is 2. The zero-order chi connectivity index (χ0) is 14.1. The number of hydrogen-bond donors (Lipinski definition) is 2. The van der Waals surface area contributed by atoms with Crippen molar-refractivity contribution >= 4 is 55.5 Å². The fourth-order valence-electron chi connectivity index (χ4n) is 2.02. The van der Waals surface area contributed by atoms with Crippen molar-refractivity contribution in [3.8, 4) is 0 Å². The van der Waals surface area contributed by atoms with Crippen molar-refractivity contribution in [2.45, 2.75) is 0 Å². The molecule has 3 N–H and O–H groups in total. The van der Waals surface area contributed by atoms with Gasteiger partial charge in [-0.15, -0.1) is 0 Å². The van der Waals surface area contributed by atoms with Gasteiger partial charge in [0.1, 0.15) is 0 Å². The molecule has 0 saturated carbocycles. The average molecular weight is 349 g/mol. The molecule has 0 radical (unpaired) electrons. The van der Waals surface area contributed by atoms with Crippen molar-refractivity contribution in [1.82, 2.24) is 4.98 Å². The van der Waals surface area contributed by atoms with Gasteiger partial charge in [0, 0.05) is 21.7 Å². The van der Waals surface area contributed by atoms with Crippen molar-refractivity contribution < 1.29 is 0 Å². The number of hydrogen-bond acceptors (Lipinski definition) is 3. The highest BCUT2D eigenvalue weighted by atomic mass is 79.9. The summed E-state index contributed by atoms with van der Waals surface area (Å²) in [6, 6.07) is 13.3.